The van der Waals surface area contributed by atoms with Crippen molar-refractivity contribution in [2.45, 2.75) is 33.0 Å². The first-order valence-corrected chi connectivity index (χ1v) is 6.15. The Labute approximate surface area is 113 Å². The second-order valence-electron chi connectivity index (χ2n) is 4.22. The minimum atomic E-state index is -0.516. The summed E-state index contributed by atoms with van der Waals surface area (Å²) in [4.78, 5) is 11.2. The molecule has 0 aliphatic heterocycles. The van der Waals surface area contributed by atoms with E-state index < -0.39 is 6.09 Å². The molecule has 5 nitrogen and oxygen atoms in total. The maximum absolute atomic E-state index is 11.2. The maximum Gasteiger partial charge on any atom is 0.407 e. The molecule has 0 aliphatic carbocycles. The van der Waals surface area contributed by atoms with Crippen LogP contribution in [0, 0.1) is 11.3 Å². The number of nitrogens with one attached hydrogen (secondary N) is 1. The highest BCUT2D eigenvalue weighted by Crippen LogP contribution is 2.14. The van der Waals surface area contributed by atoms with Crippen molar-refractivity contribution in [3.8, 4) is 11.8 Å². The molecule has 0 aliphatic rings. The quantitative estimate of drug-likeness (QED) is 0.800. The Balaban J connectivity index is 2.33. The Morgan fingerprint density at radius 1 is 1.37 bits per heavy atom. The van der Waals surface area contributed by atoms with Gasteiger partial charge in [0.1, 0.15) is 12.4 Å². The van der Waals surface area contributed by atoms with Gasteiger partial charge < -0.3 is 14.8 Å². The summed E-state index contributed by atoms with van der Waals surface area (Å²) >= 11 is 0. The van der Waals surface area contributed by atoms with Gasteiger partial charge in [0.25, 0.3) is 0 Å². The van der Waals surface area contributed by atoms with Crippen LogP contribution in [0.15, 0.2) is 24.3 Å². The summed E-state index contributed by atoms with van der Waals surface area (Å²) in [5.74, 6) is 0.789. The van der Waals surface area contributed by atoms with Crippen molar-refractivity contribution in [1.82, 2.24) is 5.32 Å². The molecule has 0 heterocycles. The van der Waals surface area contributed by atoms with Crippen molar-refractivity contribution in [3.63, 3.8) is 0 Å². The number of nitrogens with zero attached hydrogens (tertiary/aromatic N) is 1. The van der Waals surface area contributed by atoms with Crippen LogP contribution >= 0.6 is 0 Å². The van der Waals surface area contributed by atoms with Crippen LogP contribution in [0.4, 0.5) is 4.79 Å². The summed E-state index contributed by atoms with van der Waals surface area (Å²) in [5, 5.41) is 10.8. The van der Waals surface area contributed by atoms with Crippen LogP contribution in [0.1, 0.15) is 25.8 Å². The van der Waals surface area contributed by atoms with E-state index in [4.69, 9.17) is 14.7 Å². The van der Waals surface area contributed by atoms with Gasteiger partial charge in [0.15, 0.2) is 0 Å². The molecule has 0 radical (unpaired) electrons. The molecule has 0 aromatic heterocycles. The first-order valence-electron chi connectivity index (χ1n) is 6.15. The van der Waals surface area contributed by atoms with E-state index in [0.29, 0.717) is 6.54 Å². The van der Waals surface area contributed by atoms with Crippen molar-refractivity contribution in [2.24, 2.45) is 0 Å². The van der Waals surface area contributed by atoms with E-state index in [1.165, 1.54) is 0 Å². The third-order valence-electron chi connectivity index (χ3n) is 2.17. The smallest absolute Gasteiger partial charge is 0.407 e. The highest BCUT2D eigenvalue weighted by molar-refractivity contribution is 5.67. The molecule has 1 N–H and O–H groups in total. The molecule has 5 heteroatoms. The molecule has 0 fully saturated rings. The van der Waals surface area contributed by atoms with E-state index >= 15 is 0 Å². The number of hydrogen-bond acceptors (Lipinski definition) is 4. The fourth-order valence-corrected chi connectivity index (χ4v) is 1.36. The molecule has 1 aromatic rings. The molecule has 0 atom stereocenters. The lowest BCUT2D eigenvalue weighted by Crippen LogP contribution is -2.24. The van der Waals surface area contributed by atoms with E-state index in [0.717, 1.165) is 11.3 Å². The lowest BCUT2D eigenvalue weighted by Gasteiger charge is -2.10. The molecule has 1 aromatic carbocycles. The van der Waals surface area contributed by atoms with Gasteiger partial charge in [0.2, 0.25) is 0 Å². The Kier molecular flexibility index (Phi) is 6.23. The number of amides is 1. The third-order valence-corrected chi connectivity index (χ3v) is 2.17. The largest absolute Gasteiger partial charge is 0.491 e. The molecular formula is C14H18N2O3. The number of rotatable bonds is 6. The van der Waals surface area contributed by atoms with Crippen molar-refractivity contribution in [2.75, 3.05) is 6.54 Å². The first kappa shape index (κ1) is 14.8. The van der Waals surface area contributed by atoms with Crippen LogP contribution in [-0.2, 0) is 11.3 Å². The number of nitriles is 1. The van der Waals surface area contributed by atoms with Crippen molar-refractivity contribution < 1.29 is 14.3 Å². The maximum atomic E-state index is 11.2. The monoisotopic (exact) mass is 262 g/mol. The van der Waals surface area contributed by atoms with Crippen LogP contribution in [0.5, 0.6) is 5.75 Å². The Bertz CT molecular complexity index is 435. The minimum absolute atomic E-state index is 0.132. The predicted molar refractivity (Wildman–Crippen MR) is 70.6 cm³/mol. The fraction of sp³-hybridized carbons (Fsp3) is 0.429. The number of hydrogen-bond donors (Lipinski definition) is 1. The van der Waals surface area contributed by atoms with Crippen LogP contribution < -0.4 is 10.1 Å². The zero-order valence-electron chi connectivity index (χ0n) is 11.2. The van der Waals surface area contributed by atoms with Crippen molar-refractivity contribution in [1.29, 1.82) is 5.26 Å². The van der Waals surface area contributed by atoms with Gasteiger partial charge >= 0.3 is 6.09 Å². The fourth-order valence-electron chi connectivity index (χ4n) is 1.36. The molecule has 0 saturated heterocycles. The number of carbonyl (C=O) groups excluding carboxylic acids is 1. The highest BCUT2D eigenvalue weighted by atomic mass is 16.5. The van der Waals surface area contributed by atoms with Gasteiger partial charge in [-0.2, -0.15) is 5.26 Å². The summed E-state index contributed by atoms with van der Waals surface area (Å²) in [7, 11) is 0. The Morgan fingerprint density at radius 2 is 2.05 bits per heavy atom. The average Bonchev–Trinajstić information content (AvgIpc) is 2.37. The van der Waals surface area contributed by atoms with E-state index in [1.807, 2.05) is 44.2 Å². The molecule has 1 amide bonds. The number of carbonyl (C=O) groups is 1. The summed E-state index contributed by atoms with van der Waals surface area (Å²) < 4.78 is 10.5. The molecule has 19 heavy (non-hydrogen) atoms. The van der Waals surface area contributed by atoms with E-state index in [2.05, 4.69) is 5.32 Å². The topological polar surface area (TPSA) is 71.3 Å². The van der Waals surface area contributed by atoms with E-state index in [9.17, 15) is 4.79 Å². The minimum Gasteiger partial charge on any atom is -0.491 e. The Morgan fingerprint density at radius 3 is 2.63 bits per heavy atom. The second kappa shape index (κ2) is 7.98. The number of alkyl carbamates (subject to hydrolysis) is 1. The summed E-state index contributed by atoms with van der Waals surface area (Å²) in [6, 6.07) is 9.31. The molecule has 0 saturated carbocycles. The van der Waals surface area contributed by atoms with Gasteiger partial charge in [-0.3, -0.25) is 0 Å². The van der Waals surface area contributed by atoms with Gasteiger partial charge in [0.05, 0.1) is 18.6 Å². The highest BCUT2D eigenvalue weighted by Gasteiger charge is 2.02. The Hall–Kier alpha value is -2.22. The van der Waals surface area contributed by atoms with Crippen molar-refractivity contribution in [3.05, 3.63) is 29.8 Å². The molecule has 102 valence electrons. The van der Waals surface area contributed by atoms with Gasteiger partial charge in [-0.05, 0) is 31.5 Å². The zero-order chi connectivity index (χ0) is 14.1. The lowest BCUT2D eigenvalue weighted by molar-refractivity contribution is 0.140. The summed E-state index contributed by atoms with van der Waals surface area (Å²) in [6.07, 6.45) is -0.109. The zero-order valence-corrected chi connectivity index (χ0v) is 11.2. The van der Waals surface area contributed by atoms with Crippen LogP contribution in [-0.4, -0.2) is 18.7 Å². The van der Waals surface area contributed by atoms with E-state index in [-0.39, 0.29) is 19.1 Å². The first-order chi connectivity index (χ1) is 9.11. The summed E-state index contributed by atoms with van der Waals surface area (Å²) in [5.41, 5.74) is 0.881. The lowest BCUT2D eigenvalue weighted by atomic mass is 10.2. The van der Waals surface area contributed by atoms with E-state index in [1.54, 1.807) is 0 Å². The molecule has 0 spiro atoms. The second-order valence-corrected chi connectivity index (χ2v) is 4.22. The molecule has 0 unspecified atom stereocenters. The number of ether oxygens (including phenoxy) is 2. The van der Waals surface area contributed by atoms with Gasteiger partial charge in [0, 0.05) is 6.54 Å². The molecule has 0 bridgehead atoms. The molecule has 1 rings (SSSR count). The van der Waals surface area contributed by atoms with Gasteiger partial charge in [-0.15, -0.1) is 0 Å². The van der Waals surface area contributed by atoms with Crippen LogP contribution in [0.25, 0.3) is 0 Å². The van der Waals surface area contributed by atoms with Gasteiger partial charge in [-0.1, -0.05) is 12.1 Å². The van der Waals surface area contributed by atoms with Crippen molar-refractivity contribution >= 4 is 6.09 Å². The van der Waals surface area contributed by atoms with Crippen LogP contribution in [0.2, 0.25) is 0 Å². The summed E-state index contributed by atoms with van der Waals surface area (Å²) in [6.45, 7) is 4.42. The van der Waals surface area contributed by atoms with Gasteiger partial charge in [-0.25, -0.2) is 4.79 Å². The number of benzene rings is 1. The molecular weight excluding hydrogens is 244 g/mol. The SMILES string of the molecule is CC(C)Oc1ccc(COC(=O)NCCC#N)cc1. The standard InChI is InChI=1S/C14H18N2O3/c1-11(2)19-13-6-4-12(5-7-13)10-18-14(17)16-9-3-8-15/h4-7,11H,3,9-10H2,1-2H3,(H,16,17). The van der Waals surface area contributed by atoms with Crippen LogP contribution in [0.3, 0.4) is 0 Å². The third kappa shape index (κ3) is 6.32. The average molecular weight is 262 g/mol. The predicted octanol–water partition coefficient (Wildman–Crippen LogP) is 2.61. The normalized spacial score (nSPS) is 9.79.